The van der Waals surface area contributed by atoms with Crippen LogP contribution in [0, 0.1) is 0 Å². The molecule has 0 heterocycles. The maximum Gasteiger partial charge on any atom is 2.00 e. The molecule has 0 bridgehead atoms. The fraction of sp³-hybridized carbons (Fsp3) is 0.333. The molecule has 0 spiro atoms. The van der Waals surface area contributed by atoms with Crippen molar-refractivity contribution in [2.75, 3.05) is 7.05 Å². The van der Waals surface area contributed by atoms with Gasteiger partial charge in [0.25, 0.3) is 0 Å². The van der Waals surface area contributed by atoms with Gasteiger partial charge in [-0.15, -0.1) is 0 Å². The van der Waals surface area contributed by atoms with Gasteiger partial charge in [0.15, 0.2) is 0 Å². The Labute approximate surface area is 110 Å². The zero-order valence-corrected chi connectivity index (χ0v) is 10.6. The molecule has 15 heavy (non-hydrogen) atoms. The van der Waals surface area contributed by atoms with E-state index in [1.165, 1.54) is 6.21 Å². The van der Waals surface area contributed by atoms with Crippen LogP contribution in [-0.2, 0) is 42.3 Å². The van der Waals surface area contributed by atoms with Gasteiger partial charge in [-0.3, -0.25) is 10.4 Å². The van der Waals surface area contributed by atoms with Gasteiger partial charge in [0.05, 0.1) is 11.9 Å². The van der Waals surface area contributed by atoms with Gasteiger partial charge in [0.2, 0.25) is 0 Å². The van der Waals surface area contributed by atoms with Crippen LogP contribution in [0.2, 0.25) is 0 Å². The van der Waals surface area contributed by atoms with E-state index in [1.54, 1.807) is 14.0 Å². The summed E-state index contributed by atoms with van der Waals surface area (Å²) in [5.41, 5.74) is 8.14. The summed E-state index contributed by atoms with van der Waals surface area (Å²) in [4.78, 5) is 3.66. The maximum atomic E-state index is 5.10. The Morgan fingerprint density at radius 1 is 1.33 bits per heavy atom. The molecule has 1 radical (unpaired) electrons. The molecule has 0 aliphatic carbocycles. The molecule has 0 atom stereocenters. The zero-order valence-electron chi connectivity index (χ0n) is 8.06. The number of amidine groups is 2. The Bertz CT molecular complexity index is 294. The average Bonchev–Trinajstić information content (AvgIpc) is 2.14. The van der Waals surface area contributed by atoms with E-state index in [2.05, 4.69) is 38.4 Å². The van der Waals surface area contributed by atoms with E-state index in [4.69, 9.17) is 18.4 Å². The normalized spacial score (nSPS) is 13.9. The number of rotatable bonds is 3. The fourth-order valence-corrected chi connectivity index (χ4v) is 0.478. The molecule has 0 aromatic carbocycles. The molecule has 0 amide bonds. The summed E-state index contributed by atoms with van der Waals surface area (Å²) in [5, 5.41) is 11.1. The van der Waals surface area contributed by atoms with E-state index in [1.807, 2.05) is 0 Å². The molecule has 0 aliphatic heterocycles. The maximum absolute atomic E-state index is 5.10. The molecule has 0 unspecified atom stereocenters. The molecule has 87 valence electrons. The minimum absolute atomic E-state index is 0. The summed E-state index contributed by atoms with van der Waals surface area (Å²) in [7, 11) is 1.56. The quantitative estimate of drug-likeness (QED) is 0.238. The molecule has 0 aliphatic rings. The first-order chi connectivity index (χ1) is 6.56. The molecule has 0 aromatic heterocycles. The van der Waals surface area contributed by atoms with Crippen molar-refractivity contribution in [1.82, 2.24) is 5.43 Å². The van der Waals surface area contributed by atoms with Gasteiger partial charge >= 0.3 is 17.1 Å². The number of hydrogen-bond acceptors (Lipinski definition) is 6. The Morgan fingerprint density at radius 3 is 2.40 bits per heavy atom. The second-order valence-electron chi connectivity index (χ2n) is 2.08. The van der Waals surface area contributed by atoms with E-state index < -0.39 is 0 Å². The summed E-state index contributed by atoms with van der Waals surface area (Å²) in [6.07, 6.45) is 1.43. The SMILES string of the molecule is CN=C([S-])N\N=C/C(C)=N\N=C(\N)[S-].[67Cu+2]. The van der Waals surface area contributed by atoms with Crippen molar-refractivity contribution in [1.29, 1.82) is 0 Å². The first kappa shape index (κ1) is 16.7. The van der Waals surface area contributed by atoms with Gasteiger partial charge in [0.1, 0.15) is 0 Å². The molecule has 6 nitrogen and oxygen atoms in total. The van der Waals surface area contributed by atoms with E-state index in [0.29, 0.717) is 10.9 Å². The summed E-state index contributed by atoms with van der Waals surface area (Å²) in [5.74, 6) is 0. The minimum Gasteiger partial charge on any atom is -0.741 e. The molecule has 0 aromatic rings. The van der Waals surface area contributed by atoms with Crippen LogP contribution < -0.4 is 11.2 Å². The van der Waals surface area contributed by atoms with E-state index in [0.717, 1.165) is 0 Å². The van der Waals surface area contributed by atoms with Gasteiger partial charge in [0, 0.05) is 7.05 Å². The molecule has 9 heteroatoms. The predicted molar refractivity (Wildman–Crippen MR) is 64.4 cm³/mol. The van der Waals surface area contributed by atoms with Crippen LogP contribution in [0.5, 0.6) is 0 Å². The Balaban J connectivity index is 0. The number of hydrazone groups is 1. The Morgan fingerprint density at radius 2 is 1.93 bits per heavy atom. The van der Waals surface area contributed by atoms with Gasteiger partial charge < -0.3 is 31.0 Å². The first-order valence-corrected chi connectivity index (χ1v) is 4.35. The standard InChI is InChI=1S/C6H12N6S2.Cu/c1-4(10-11-5(7)13)3-9-12-6(14)8-2;/h3H,1-2H3,(H3,7,11,13)(H2,8,12,14);/q;+2/p-2/b9-3-,10-4-;/i;1+3. The molecule has 0 saturated carbocycles. The summed E-state index contributed by atoms with van der Waals surface area (Å²) in [6.45, 7) is 1.69. The summed E-state index contributed by atoms with van der Waals surface area (Å²) in [6, 6.07) is 0. The van der Waals surface area contributed by atoms with Gasteiger partial charge in [-0.05, 0) is 17.3 Å². The third kappa shape index (κ3) is 11.2. The van der Waals surface area contributed by atoms with Crippen molar-refractivity contribution >= 4 is 47.5 Å². The molecule has 0 rings (SSSR count). The number of nitrogens with zero attached hydrogens (tertiary/aromatic N) is 4. The average molecular weight is 297 g/mol. The van der Waals surface area contributed by atoms with E-state index in [9.17, 15) is 0 Å². The number of aliphatic imine (C=N–C) groups is 1. The van der Waals surface area contributed by atoms with Crippen molar-refractivity contribution in [2.24, 2.45) is 26.0 Å². The van der Waals surface area contributed by atoms with Crippen molar-refractivity contribution in [3.8, 4) is 0 Å². The fourth-order valence-electron chi connectivity index (χ4n) is 0.385. The van der Waals surface area contributed by atoms with Crippen LogP contribution >= 0.6 is 0 Å². The van der Waals surface area contributed by atoms with Crippen molar-refractivity contribution in [2.45, 2.75) is 6.92 Å². The van der Waals surface area contributed by atoms with Crippen molar-refractivity contribution in [3.05, 3.63) is 0 Å². The number of hydrogen-bond donors (Lipinski definition) is 2. The van der Waals surface area contributed by atoms with Gasteiger partial charge in [-0.1, -0.05) is 0 Å². The first-order valence-electron chi connectivity index (χ1n) is 3.54. The predicted octanol–water partition coefficient (Wildman–Crippen LogP) is -0.671. The zero-order chi connectivity index (χ0) is 11.0. The Kier molecular flexibility index (Phi) is 10.9. The van der Waals surface area contributed by atoms with Crippen LogP contribution in [0.1, 0.15) is 6.92 Å². The van der Waals surface area contributed by atoms with Crippen LogP contribution in [-0.4, -0.2) is 29.3 Å². The number of nitrogens with one attached hydrogen (secondary N) is 1. The van der Waals surface area contributed by atoms with E-state index in [-0.39, 0.29) is 22.2 Å². The number of nitrogens with two attached hydrogens (primary N) is 1. The molecular weight excluding hydrogens is 287 g/mol. The summed E-state index contributed by atoms with van der Waals surface area (Å²) >= 11 is 9.21. The molecule has 3 N–H and O–H groups in total. The van der Waals surface area contributed by atoms with Gasteiger partial charge in [-0.25, -0.2) is 0 Å². The van der Waals surface area contributed by atoms with Crippen molar-refractivity contribution in [3.63, 3.8) is 0 Å². The monoisotopic (exact) mass is 297 g/mol. The third-order valence-electron chi connectivity index (χ3n) is 0.921. The Hall–Kier alpha value is -0.761. The second-order valence-corrected chi connectivity index (χ2v) is 2.88. The largest absolute Gasteiger partial charge is 2.00 e. The smallest absolute Gasteiger partial charge is 0.741 e. The van der Waals surface area contributed by atoms with Crippen LogP contribution in [0.3, 0.4) is 0 Å². The third-order valence-corrected chi connectivity index (χ3v) is 1.28. The summed E-state index contributed by atoms with van der Waals surface area (Å²) < 4.78 is 0. The minimum atomic E-state index is -0.0233. The van der Waals surface area contributed by atoms with Crippen LogP contribution in [0.15, 0.2) is 20.3 Å². The van der Waals surface area contributed by atoms with E-state index >= 15 is 0 Å². The van der Waals surface area contributed by atoms with Crippen LogP contribution in [0.4, 0.5) is 0 Å². The van der Waals surface area contributed by atoms with Crippen LogP contribution in [0.25, 0.3) is 0 Å². The molecular formula is C6H10CuN6S2. The topological polar surface area (TPSA) is 87.5 Å². The van der Waals surface area contributed by atoms with Gasteiger partial charge in [-0.2, -0.15) is 15.3 Å². The molecule has 0 fully saturated rings. The van der Waals surface area contributed by atoms with Crippen molar-refractivity contribution < 1.29 is 17.1 Å². The second kappa shape index (κ2) is 9.78. The molecule has 0 saturated heterocycles.